The number of nitrogens with one attached hydrogen (secondary N) is 1. The topological polar surface area (TPSA) is 75.6 Å². The maximum atomic E-state index is 12.1. The summed E-state index contributed by atoms with van der Waals surface area (Å²) in [6.07, 6.45) is 0.320. The van der Waals surface area contributed by atoms with Crippen LogP contribution in [0, 0.1) is 5.41 Å². The van der Waals surface area contributed by atoms with E-state index >= 15 is 0 Å². The van der Waals surface area contributed by atoms with E-state index in [1.807, 2.05) is 0 Å². The SMILES string of the molecule is CCOC(=O)[C@H](Cc1ccc(O)cc1)NC(=O)C(C)(C)C. The summed E-state index contributed by atoms with van der Waals surface area (Å²) in [5.41, 5.74) is 0.250. The first-order chi connectivity index (χ1) is 9.74. The van der Waals surface area contributed by atoms with E-state index in [1.54, 1.807) is 52.0 Å². The standard InChI is InChI=1S/C16H23NO4/c1-5-21-14(19)13(17-15(20)16(2,3)4)10-11-6-8-12(18)9-7-11/h6-9,13,18H,5,10H2,1-4H3,(H,17,20)/t13-/m0/s1. The summed E-state index contributed by atoms with van der Waals surface area (Å²) in [7, 11) is 0. The second-order valence-corrected chi connectivity index (χ2v) is 5.90. The molecule has 0 fully saturated rings. The summed E-state index contributed by atoms with van der Waals surface area (Å²) < 4.78 is 5.01. The van der Waals surface area contributed by atoms with Gasteiger partial charge in [0, 0.05) is 11.8 Å². The van der Waals surface area contributed by atoms with Crippen molar-refractivity contribution in [3.63, 3.8) is 0 Å². The van der Waals surface area contributed by atoms with Crippen LogP contribution in [0.25, 0.3) is 0 Å². The molecule has 5 heteroatoms. The van der Waals surface area contributed by atoms with Gasteiger partial charge in [0.1, 0.15) is 11.8 Å². The van der Waals surface area contributed by atoms with Crippen LogP contribution in [-0.4, -0.2) is 29.6 Å². The quantitative estimate of drug-likeness (QED) is 0.815. The Hall–Kier alpha value is -2.04. The van der Waals surface area contributed by atoms with Gasteiger partial charge in [-0.25, -0.2) is 4.79 Å². The highest BCUT2D eigenvalue weighted by Crippen LogP contribution is 2.15. The van der Waals surface area contributed by atoms with Gasteiger partial charge >= 0.3 is 5.97 Å². The molecule has 0 bridgehead atoms. The molecule has 0 aromatic heterocycles. The van der Waals surface area contributed by atoms with Crippen LogP contribution in [0.2, 0.25) is 0 Å². The van der Waals surface area contributed by atoms with E-state index < -0.39 is 17.4 Å². The zero-order valence-electron chi connectivity index (χ0n) is 13.0. The number of carbonyl (C=O) groups excluding carboxylic acids is 2. The summed E-state index contributed by atoms with van der Waals surface area (Å²) in [5, 5.41) is 12.0. The number of rotatable bonds is 5. The third kappa shape index (κ3) is 5.45. The fraction of sp³-hybridized carbons (Fsp3) is 0.500. The molecule has 0 aliphatic heterocycles. The Morgan fingerprint density at radius 2 is 1.81 bits per heavy atom. The molecule has 5 nitrogen and oxygen atoms in total. The fourth-order valence-corrected chi connectivity index (χ4v) is 1.68. The van der Waals surface area contributed by atoms with Crippen LogP contribution >= 0.6 is 0 Å². The Morgan fingerprint density at radius 3 is 2.29 bits per heavy atom. The molecule has 0 spiro atoms. The highest BCUT2D eigenvalue weighted by atomic mass is 16.5. The molecular weight excluding hydrogens is 270 g/mol. The molecule has 21 heavy (non-hydrogen) atoms. The lowest BCUT2D eigenvalue weighted by Crippen LogP contribution is -2.47. The van der Waals surface area contributed by atoms with Gasteiger partial charge in [-0.1, -0.05) is 32.9 Å². The molecule has 0 aliphatic carbocycles. The molecule has 0 radical (unpaired) electrons. The maximum absolute atomic E-state index is 12.1. The van der Waals surface area contributed by atoms with Crippen LogP contribution in [0.4, 0.5) is 0 Å². The number of aromatic hydroxyl groups is 1. The molecule has 1 rings (SSSR count). The number of hydrogen-bond acceptors (Lipinski definition) is 4. The number of carbonyl (C=O) groups is 2. The van der Waals surface area contributed by atoms with Gasteiger partial charge in [0.2, 0.25) is 5.91 Å². The van der Waals surface area contributed by atoms with Crippen molar-refractivity contribution in [2.45, 2.75) is 40.2 Å². The van der Waals surface area contributed by atoms with Gasteiger partial charge in [-0.3, -0.25) is 4.79 Å². The Bertz CT molecular complexity index is 488. The maximum Gasteiger partial charge on any atom is 0.328 e. The zero-order chi connectivity index (χ0) is 16.0. The first-order valence-electron chi connectivity index (χ1n) is 6.99. The Morgan fingerprint density at radius 1 is 1.24 bits per heavy atom. The van der Waals surface area contributed by atoms with Crippen molar-refractivity contribution in [1.82, 2.24) is 5.32 Å². The van der Waals surface area contributed by atoms with Gasteiger partial charge in [-0.2, -0.15) is 0 Å². The fourth-order valence-electron chi connectivity index (χ4n) is 1.68. The van der Waals surface area contributed by atoms with Crippen LogP contribution < -0.4 is 5.32 Å². The molecule has 0 unspecified atom stereocenters. The van der Waals surface area contributed by atoms with Crippen LogP contribution in [0.1, 0.15) is 33.3 Å². The van der Waals surface area contributed by atoms with E-state index in [1.165, 1.54) is 0 Å². The third-order valence-corrected chi connectivity index (χ3v) is 2.93. The molecule has 0 saturated heterocycles. The van der Waals surface area contributed by atoms with Gasteiger partial charge in [-0.05, 0) is 24.6 Å². The van der Waals surface area contributed by atoms with Gasteiger partial charge in [-0.15, -0.1) is 0 Å². The van der Waals surface area contributed by atoms with Crippen LogP contribution in [0.3, 0.4) is 0 Å². The van der Waals surface area contributed by atoms with Gasteiger partial charge in [0.25, 0.3) is 0 Å². The van der Waals surface area contributed by atoms with Crippen molar-refractivity contribution in [2.24, 2.45) is 5.41 Å². The number of benzene rings is 1. The van der Waals surface area contributed by atoms with E-state index in [2.05, 4.69) is 5.32 Å². The number of esters is 1. The summed E-state index contributed by atoms with van der Waals surface area (Å²) in [5.74, 6) is -0.507. The zero-order valence-corrected chi connectivity index (χ0v) is 13.0. The molecule has 116 valence electrons. The van der Waals surface area contributed by atoms with E-state index in [9.17, 15) is 14.7 Å². The van der Waals surface area contributed by atoms with Crippen molar-refractivity contribution in [3.8, 4) is 5.75 Å². The lowest BCUT2D eigenvalue weighted by molar-refractivity contribution is -0.148. The van der Waals surface area contributed by atoms with Crippen LogP contribution in [0.15, 0.2) is 24.3 Å². The minimum Gasteiger partial charge on any atom is -0.508 e. The third-order valence-electron chi connectivity index (χ3n) is 2.93. The first-order valence-corrected chi connectivity index (χ1v) is 6.99. The van der Waals surface area contributed by atoms with Gasteiger partial charge in [0.05, 0.1) is 6.61 Å². The van der Waals surface area contributed by atoms with Crippen molar-refractivity contribution in [2.75, 3.05) is 6.61 Å². The minimum absolute atomic E-state index is 0.158. The predicted molar refractivity (Wildman–Crippen MR) is 79.8 cm³/mol. The minimum atomic E-state index is -0.735. The Labute approximate surface area is 125 Å². The normalized spacial score (nSPS) is 12.6. The molecule has 1 aromatic carbocycles. The average Bonchev–Trinajstić information content (AvgIpc) is 2.39. The lowest BCUT2D eigenvalue weighted by atomic mass is 9.94. The van der Waals surface area contributed by atoms with E-state index in [0.717, 1.165) is 5.56 Å². The second-order valence-electron chi connectivity index (χ2n) is 5.90. The number of phenolic OH excluding ortho intramolecular Hbond substituents is 1. The molecule has 0 saturated carbocycles. The highest BCUT2D eigenvalue weighted by Gasteiger charge is 2.28. The molecule has 1 amide bonds. The summed E-state index contributed by atoms with van der Waals surface area (Å²) in [6.45, 7) is 7.33. The summed E-state index contributed by atoms with van der Waals surface area (Å²) >= 11 is 0. The number of phenols is 1. The molecule has 0 aliphatic rings. The largest absolute Gasteiger partial charge is 0.508 e. The summed E-state index contributed by atoms with van der Waals surface area (Å²) in [6, 6.07) is 5.78. The monoisotopic (exact) mass is 293 g/mol. The Kier molecular flexibility index (Phi) is 5.76. The molecule has 1 atom stereocenters. The summed E-state index contributed by atoms with van der Waals surface area (Å²) in [4.78, 5) is 24.1. The lowest BCUT2D eigenvalue weighted by Gasteiger charge is -2.23. The van der Waals surface area contributed by atoms with E-state index in [-0.39, 0.29) is 18.3 Å². The number of ether oxygens (including phenoxy) is 1. The van der Waals surface area contributed by atoms with Crippen LogP contribution in [-0.2, 0) is 20.7 Å². The second kappa shape index (κ2) is 7.11. The van der Waals surface area contributed by atoms with Crippen molar-refractivity contribution >= 4 is 11.9 Å². The van der Waals surface area contributed by atoms with Gasteiger partial charge in [0.15, 0.2) is 0 Å². The predicted octanol–water partition coefficient (Wildman–Crippen LogP) is 2.03. The number of hydrogen-bond donors (Lipinski definition) is 2. The smallest absolute Gasteiger partial charge is 0.328 e. The first kappa shape index (κ1) is 17.0. The van der Waals surface area contributed by atoms with Crippen LogP contribution in [0.5, 0.6) is 5.75 Å². The van der Waals surface area contributed by atoms with Gasteiger partial charge < -0.3 is 15.2 Å². The molecule has 1 aromatic rings. The highest BCUT2D eigenvalue weighted by molar-refractivity contribution is 5.87. The van der Waals surface area contributed by atoms with Crippen molar-refractivity contribution < 1.29 is 19.4 Å². The molecule has 0 heterocycles. The molecular formula is C16H23NO4. The average molecular weight is 293 g/mol. The Balaban J connectivity index is 2.84. The molecule has 2 N–H and O–H groups in total. The van der Waals surface area contributed by atoms with Crippen molar-refractivity contribution in [3.05, 3.63) is 29.8 Å². The van der Waals surface area contributed by atoms with E-state index in [0.29, 0.717) is 6.42 Å². The number of amides is 1. The van der Waals surface area contributed by atoms with E-state index in [4.69, 9.17) is 4.74 Å². The van der Waals surface area contributed by atoms with Crippen molar-refractivity contribution in [1.29, 1.82) is 0 Å².